The molecule has 0 fully saturated rings. The Labute approximate surface area is 93.4 Å². The van der Waals surface area contributed by atoms with Gasteiger partial charge in [-0.1, -0.05) is 13.8 Å². The molecule has 0 bridgehead atoms. The van der Waals surface area contributed by atoms with Gasteiger partial charge >= 0.3 is 0 Å². The fraction of sp³-hybridized carbons (Fsp3) is 0.667. The molecule has 1 heterocycles. The molecule has 7 heteroatoms. The molecule has 0 aliphatic rings. The maximum Gasteiger partial charge on any atom is 0.288 e. The number of nitrogen functional groups attached to an aromatic ring is 1. The zero-order valence-electron chi connectivity index (χ0n) is 9.45. The first kappa shape index (κ1) is 12.4. The van der Waals surface area contributed by atoms with E-state index in [0.717, 1.165) is 0 Å². The van der Waals surface area contributed by atoms with Crippen LogP contribution in [-0.2, 0) is 0 Å². The van der Waals surface area contributed by atoms with Gasteiger partial charge in [-0.05, 0) is 11.8 Å². The molecular weight excluding hydrogens is 210 g/mol. The topological polar surface area (TPSA) is 117 Å². The van der Waals surface area contributed by atoms with Crippen LogP contribution in [0.15, 0.2) is 0 Å². The van der Waals surface area contributed by atoms with Crippen LogP contribution in [-0.4, -0.2) is 39.3 Å². The second kappa shape index (κ2) is 4.93. The van der Waals surface area contributed by atoms with Gasteiger partial charge in [-0.2, -0.15) is 4.98 Å². The average Bonchev–Trinajstić information content (AvgIpc) is 2.61. The third-order valence-corrected chi connectivity index (χ3v) is 2.23. The first-order chi connectivity index (χ1) is 7.44. The Kier molecular flexibility index (Phi) is 3.83. The van der Waals surface area contributed by atoms with E-state index < -0.39 is 0 Å². The monoisotopic (exact) mass is 227 g/mol. The lowest BCUT2D eigenvalue weighted by Crippen LogP contribution is -2.35. The Morgan fingerprint density at radius 3 is 2.81 bits per heavy atom. The smallest absolute Gasteiger partial charge is 0.288 e. The molecule has 0 saturated heterocycles. The maximum atomic E-state index is 11.5. The Bertz CT molecular complexity index is 361. The predicted octanol–water partition coefficient (Wildman–Crippen LogP) is -0.475. The summed E-state index contributed by atoms with van der Waals surface area (Å²) in [6.07, 6.45) is 0.617. The van der Waals surface area contributed by atoms with Crippen LogP contribution in [0.25, 0.3) is 0 Å². The lowest BCUT2D eigenvalue weighted by Gasteiger charge is -2.23. The van der Waals surface area contributed by atoms with Crippen molar-refractivity contribution >= 4 is 11.9 Å². The Morgan fingerprint density at radius 1 is 1.62 bits per heavy atom. The van der Waals surface area contributed by atoms with Crippen molar-refractivity contribution in [2.24, 2.45) is 5.41 Å². The van der Waals surface area contributed by atoms with Crippen LogP contribution in [0.2, 0.25) is 0 Å². The molecule has 1 rings (SSSR count). The minimum Gasteiger partial charge on any atom is -0.396 e. The molecule has 0 spiro atoms. The molecule has 7 nitrogen and oxygen atoms in total. The minimum absolute atomic E-state index is 0.0415. The zero-order chi connectivity index (χ0) is 12.2. The molecule has 0 radical (unpaired) electrons. The SMILES string of the molecule is CC(C)(CCO)CNC(=O)c1nc(N)n[nH]1. The molecule has 0 aromatic carbocycles. The van der Waals surface area contributed by atoms with Crippen molar-refractivity contribution in [3.63, 3.8) is 0 Å². The van der Waals surface area contributed by atoms with Gasteiger partial charge in [0.25, 0.3) is 5.91 Å². The summed E-state index contributed by atoms with van der Waals surface area (Å²) in [5.41, 5.74) is 5.12. The normalized spacial score (nSPS) is 11.4. The summed E-state index contributed by atoms with van der Waals surface area (Å²) in [7, 11) is 0. The highest BCUT2D eigenvalue weighted by Crippen LogP contribution is 2.17. The van der Waals surface area contributed by atoms with E-state index in [1.165, 1.54) is 0 Å². The standard InChI is InChI=1S/C9H17N5O2/c1-9(2,3-4-15)5-11-7(16)6-12-8(10)14-13-6/h15H,3-5H2,1-2H3,(H,11,16)(H3,10,12,13,14). The molecule has 0 saturated carbocycles. The molecule has 0 unspecified atom stereocenters. The number of aromatic nitrogens is 3. The number of H-pyrrole nitrogens is 1. The Balaban J connectivity index is 2.47. The van der Waals surface area contributed by atoms with E-state index in [0.29, 0.717) is 13.0 Å². The molecular formula is C9H17N5O2. The second-order valence-corrected chi connectivity index (χ2v) is 4.36. The highest BCUT2D eigenvalue weighted by Gasteiger charge is 2.19. The summed E-state index contributed by atoms with van der Waals surface area (Å²) >= 11 is 0. The van der Waals surface area contributed by atoms with E-state index in [1.54, 1.807) is 0 Å². The van der Waals surface area contributed by atoms with Crippen LogP contribution in [0.4, 0.5) is 5.95 Å². The minimum atomic E-state index is -0.352. The van der Waals surface area contributed by atoms with Gasteiger partial charge in [0, 0.05) is 13.2 Å². The van der Waals surface area contributed by atoms with Gasteiger partial charge in [-0.25, -0.2) is 0 Å². The number of carbonyl (C=O) groups excluding carboxylic acids is 1. The molecule has 1 aromatic heterocycles. The number of aliphatic hydroxyl groups is 1. The van der Waals surface area contributed by atoms with Crippen molar-refractivity contribution in [1.29, 1.82) is 0 Å². The summed E-state index contributed by atoms with van der Waals surface area (Å²) in [5, 5.41) is 17.5. The van der Waals surface area contributed by atoms with Gasteiger partial charge in [0.15, 0.2) is 0 Å². The fourth-order valence-electron chi connectivity index (χ4n) is 1.17. The molecule has 0 aliphatic carbocycles. The highest BCUT2D eigenvalue weighted by molar-refractivity contribution is 5.90. The summed E-state index contributed by atoms with van der Waals surface area (Å²) in [6.45, 7) is 4.46. The number of nitrogens with one attached hydrogen (secondary N) is 2. The lowest BCUT2D eigenvalue weighted by molar-refractivity contribution is 0.0918. The van der Waals surface area contributed by atoms with Crippen molar-refractivity contribution < 1.29 is 9.90 Å². The zero-order valence-corrected chi connectivity index (χ0v) is 9.45. The van der Waals surface area contributed by atoms with E-state index in [1.807, 2.05) is 13.8 Å². The summed E-state index contributed by atoms with van der Waals surface area (Å²) in [6, 6.07) is 0. The first-order valence-electron chi connectivity index (χ1n) is 5.01. The number of anilines is 1. The van der Waals surface area contributed by atoms with Crippen molar-refractivity contribution in [2.45, 2.75) is 20.3 Å². The van der Waals surface area contributed by atoms with Gasteiger partial charge < -0.3 is 16.2 Å². The highest BCUT2D eigenvalue weighted by atomic mass is 16.3. The largest absolute Gasteiger partial charge is 0.396 e. The number of hydrogen-bond donors (Lipinski definition) is 4. The molecule has 16 heavy (non-hydrogen) atoms. The molecule has 5 N–H and O–H groups in total. The van der Waals surface area contributed by atoms with E-state index in [2.05, 4.69) is 20.5 Å². The Hall–Kier alpha value is -1.63. The van der Waals surface area contributed by atoms with Crippen LogP contribution in [0.1, 0.15) is 30.9 Å². The van der Waals surface area contributed by atoms with Crippen molar-refractivity contribution in [1.82, 2.24) is 20.5 Å². The maximum absolute atomic E-state index is 11.5. The molecule has 0 aliphatic heterocycles. The van der Waals surface area contributed by atoms with Crippen LogP contribution >= 0.6 is 0 Å². The number of aliphatic hydroxyl groups excluding tert-OH is 1. The third kappa shape index (κ3) is 3.50. The number of nitrogens with two attached hydrogens (primary N) is 1. The predicted molar refractivity (Wildman–Crippen MR) is 58.6 cm³/mol. The van der Waals surface area contributed by atoms with Crippen LogP contribution in [0.5, 0.6) is 0 Å². The van der Waals surface area contributed by atoms with Gasteiger partial charge in [0.2, 0.25) is 11.8 Å². The number of rotatable bonds is 5. The number of nitrogens with zero attached hydrogens (tertiary/aromatic N) is 2. The number of aromatic amines is 1. The van der Waals surface area contributed by atoms with E-state index in [9.17, 15) is 4.79 Å². The van der Waals surface area contributed by atoms with Crippen LogP contribution in [0, 0.1) is 5.41 Å². The molecule has 90 valence electrons. The van der Waals surface area contributed by atoms with E-state index in [-0.39, 0.29) is 29.7 Å². The number of hydrogen-bond acceptors (Lipinski definition) is 5. The van der Waals surface area contributed by atoms with E-state index in [4.69, 9.17) is 10.8 Å². The Morgan fingerprint density at radius 2 is 2.31 bits per heavy atom. The number of amides is 1. The van der Waals surface area contributed by atoms with Crippen LogP contribution < -0.4 is 11.1 Å². The van der Waals surface area contributed by atoms with Gasteiger partial charge in [0.1, 0.15) is 0 Å². The van der Waals surface area contributed by atoms with Gasteiger partial charge in [-0.15, -0.1) is 5.10 Å². The fourth-order valence-corrected chi connectivity index (χ4v) is 1.17. The van der Waals surface area contributed by atoms with Crippen molar-refractivity contribution in [3.8, 4) is 0 Å². The number of carbonyl (C=O) groups is 1. The summed E-state index contributed by atoms with van der Waals surface area (Å²) < 4.78 is 0. The summed E-state index contributed by atoms with van der Waals surface area (Å²) in [4.78, 5) is 15.3. The quantitative estimate of drug-likeness (QED) is 0.542. The average molecular weight is 227 g/mol. The van der Waals surface area contributed by atoms with Crippen molar-refractivity contribution in [2.75, 3.05) is 18.9 Å². The third-order valence-electron chi connectivity index (χ3n) is 2.23. The lowest BCUT2D eigenvalue weighted by atomic mass is 9.90. The van der Waals surface area contributed by atoms with Gasteiger partial charge in [0.05, 0.1) is 0 Å². The second-order valence-electron chi connectivity index (χ2n) is 4.36. The van der Waals surface area contributed by atoms with E-state index >= 15 is 0 Å². The molecule has 0 atom stereocenters. The van der Waals surface area contributed by atoms with Crippen LogP contribution in [0.3, 0.4) is 0 Å². The van der Waals surface area contributed by atoms with Gasteiger partial charge in [-0.3, -0.25) is 9.89 Å². The summed E-state index contributed by atoms with van der Waals surface area (Å²) in [5.74, 6) is -0.215. The molecule has 1 amide bonds. The molecule has 1 aromatic rings. The van der Waals surface area contributed by atoms with Crippen molar-refractivity contribution in [3.05, 3.63) is 5.82 Å². The first-order valence-corrected chi connectivity index (χ1v) is 5.01.